The lowest BCUT2D eigenvalue weighted by Crippen LogP contribution is -2.14. The Morgan fingerprint density at radius 2 is 1.03 bits per heavy atom. The fraction of sp³-hybridized carbons (Fsp3) is 0.642. The number of carbonyl (C=O) groups is 3. The molecular formula is C53H75FO6S4. The molecule has 4 heterocycles. The van der Waals surface area contributed by atoms with Crippen LogP contribution >= 0.6 is 45.3 Å². The maximum atomic E-state index is 16.6. The Labute approximate surface area is 399 Å². The monoisotopic (exact) mass is 954 g/mol. The molecule has 0 bridgehead atoms. The van der Waals surface area contributed by atoms with Crippen molar-refractivity contribution in [1.29, 1.82) is 0 Å². The average molecular weight is 955 g/mol. The van der Waals surface area contributed by atoms with E-state index in [1.165, 1.54) is 124 Å². The van der Waals surface area contributed by atoms with Crippen molar-refractivity contribution in [2.45, 2.75) is 196 Å². The van der Waals surface area contributed by atoms with Crippen LogP contribution < -0.4 is 0 Å². The zero-order chi connectivity index (χ0) is 45.8. The van der Waals surface area contributed by atoms with Crippen molar-refractivity contribution in [3.8, 4) is 9.75 Å². The number of thiophene rings is 4. The number of unbranched alkanes of at least 4 members (excludes halogenated alkanes) is 19. The summed E-state index contributed by atoms with van der Waals surface area (Å²) in [5.74, 6) is -1.78. The van der Waals surface area contributed by atoms with Gasteiger partial charge in [0.05, 0.1) is 49.9 Å². The molecule has 1 unspecified atom stereocenters. The van der Waals surface area contributed by atoms with Crippen molar-refractivity contribution in [3.05, 3.63) is 43.7 Å². The molecule has 0 radical (unpaired) electrons. The largest absolute Gasteiger partial charge is 0.462 e. The summed E-state index contributed by atoms with van der Waals surface area (Å²) >= 11 is 5.46. The Kier molecular flexibility index (Phi) is 22.6. The molecule has 6 nitrogen and oxygen atoms in total. The van der Waals surface area contributed by atoms with E-state index in [1.807, 2.05) is 26.0 Å². The number of halogens is 1. The molecule has 5 aromatic rings. The van der Waals surface area contributed by atoms with Gasteiger partial charge in [0, 0.05) is 30.8 Å². The molecule has 4 aromatic heterocycles. The molecule has 354 valence electrons. The van der Waals surface area contributed by atoms with E-state index >= 15 is 4.39 Å². The second kappa shape index (κ2) is 27.7. The molecule has 0 fully saturated rings. The second-order valence-electron chi connectivity index (χ2n) is 17.8. The fourth-order valence-corrected chi connectivity index (χ4v) is 13.4. The maximum absolute atomic E-state index is 16.6. The van der Waals surface area contributed by atoms with Gasteiger partial charge in [-0.25, -0.2) is 18.8 Å². The number of ether oxygens (including phenoxy) is 3. The highest BCUT2D eigenvalue weighted by Crippen LogP contribution is 2.50. The van der Waals surface area contributed by atoms with Crippen LogP contribution in [0.5, 0.6) is 0 Å². The quantitative estimate of drug-likeness (QED) is 0.0243. The lowest BCUT2D eigenvalue weighted by Gasteiger charge is -2.14. The van der Waals surface area contributed by atoms with Gasteiger partial charge in [0.2, 0.25) is 0 Å². The summed E-state index contributed by atoms with van der Waals surface area (Å²) in [6, 6.07) is 3.90. The predicted octanol–water partition coefficient (Wildman–Crippen LogP) is 18.3. The van der Waals surface area contributed by atoms with Crippen LogP contribution in [0.25, 0.3) is 40.0 Å². The van der Waals surface area contributed by atoms with E-state index in [9.17, 15) is 14.4 Å². The molecule has 0 amide bonds. The van der Waals surface area contributed by atoms with Crippen molar-refractivity contribution in [2.75, 3.05) is 19.8 Å². The number of hydrogen-bond donors (Lipinski definition) is 0. The van der Waals surface area contributed by atoms with Crippen LogP contribution in [0, 0.1) is 25.6 Å². The van der Waals surface area contributed by atoms with Gasteiger partial charge >= 0.3 is 17.9 Å². The number of carbonyl (C=O) groups excluding carboxylic acids is 3. The number of esters is 3. The van der Waals surface area contributed by atoms with Gasteiger partial charge in [-0.05, 0) is 51.2 Å². The van der Waals surface area contributed by atoms with E-state index in [-0.39, 0.29) is 17.4 Å². The van der Waals surface area contributed by atoms with E-state index in [2.05, 4.69) is 27.7 Å². The van der Waals surface area contributed by atoms with Gasteiger partial charge in [-0.1, -0.05) is 163 Å². The third kappa shape index (κ3) is 14.3. The minimum Gasteiger partial charge on any atom is -0.462 e. The van der Waals surface area contributed by atoms with Crippen molar-refractivity contribution in [3.63, 3.8) is 0 Å². The Hall–Kier alpha value is -2.86. The molecule has 0 aliphatic rings. The molecule has 64 heavy (non-hydrogen) atoms. The van der Waals surface area contributed by atoms with Crippen LogP contribution in [0.2, 0.25) is 0 Å². The molecular weight excluding hydrogens is 880 g/mol. The minimum atomic E-state index is -0.629. The highest BCUT2D eigenvalue weighted by Gasteiger charge is 2.31. The minimum absolute atomic E-state index is 0.0166. The van der Waals surface area contributed by atoms with Gasteiger partial charge in [-0.2, -0.15) is 0 Å². The summed E-state index contributed by atoms with van der Waals surface area (Å²) in [7, 11) is 0. The summed E-state index contributed by atoms with van der Waals surface area (Å²) in [5, 5.41) is 1.68. The fourth-order valence-electron chi connectivity index (χ4n) is 8.64. The Bertz CT molecular complexity index is 2130. The molecule has 0 aliphatic carbocycles. The van der Waals surface area contributed by atoms with Gasteiger partial charge in [0.15, 0.2) is 5.82 Å². The van der Waals surface area contributed by atoms with Crippen LogP contribution in [-0.4, -0.2) is 37.7 Å². The molecule has 1 atom stereocenters. The highest BCUT2D eigenvalue weighted by atomic mass is 32.1. The SMILES string of the molecule is CCCCCCCCCCCCOC(=O)c1c2cc(-c3sc(C)c4sc(C(=O)OCC(CC)CCCC)c(F)c34)sc2c(C(=O)OCCCCCCCCCCCC)c2cc(C)sc12. The standard InChI is InChI=1S/C53H75FO6S4/c1-7-11-14-16-18-20-22-24-26-28-31-58-51(55)42-39-33-36(5)61-47(39)43(52(56)59-32-29-27-25-23-21-19-17-15-12-8-2)40-34-41(63-48(40)42)49-44-45(54)50(64-46(44)37(6)62-49)53(57)60-35-38(10-4)30-13-9-3/h33-34,38H,7-32,35H2,1-6H3. The predicted molar refractivity (Wildman–Crippen MR) is 273 cm³/mol. The highest BCUT2D eigenvalue weighted by molar-refractivity contribution is 7.30. The van der Waals surface area contributed by atoms with Gasteiger partial charge in [0.1, 0.15) is 4.88 Å². The number of aryl methyl sites for hydroxylation is 2. The number of fused-ring (bicyclic) bond motifs is 3. The van der Waals surface area contributed by atoms with Gasteiger partial charge in [-0.15, -0.1) is 45.3 Å². The molecule has 0 saturated heterocycles. The summed E-state index contributed by atoms with van der Waals surface area (Å²) in [6.07, 6.45) is 27.7. The first kappa shape index (κ1) is 52.1. The Balaban J connectivity index is 1.40. The number of hydrogen-bond acceptors (Lipinski definition) is 10. The maximum Gasteiger partial charge on any atom is 0.351 e. The van der Waals surface area contributed by atoms with Crippen molar-refractivity contribution in [1.82, 2.24) is 0 Å². The van der Waals surface area contributed by atoms with Crippen LogP contribution in [0.4, 0.5) is 4.39 Å². The Morgan fingerprint density at radius 1 is 0.547 bits per heavy atom. The van der Waals surface area contributed by atoms with E-state index in [4.69, 9.17) is 14.2 Å². The topological polar surface area (TPSA) is 78.9 Å². The van der Waals surface area contributed by atoms with E-state index in [1.54, 1.807) is 0 Å². The summed E-state index contributed by atoms with van der Waals surface area (Å²) in [4.78, 5) is 45.2. The third-order valence-corrected chi connectivity index (χ3v) is 17.4. The van der Waals surface area contributed by atoms with Crippen LogP contribution in [0.1, 0.15) is 222 Å². The molecule has 1 aromatic carbocycles. The summed E-state index contributed by atoms with van der Waals surface area (Å²) in [6.45, 7) is 13.6. The zero-order valence-corrected chi connectivity index (χ0v) is 43.1. The zero-order valence-electron chi connectivity index (χ0n) is 39.8. The first-order valence-electron chi connectivity index (χ1n) is 24.9. The molecule has 0 spiro atoms. The van der Waals surface area contributed by atoms with Crippen molar-refractivity contribution < 1.29 is 33.0 Å². The smallest absolute Gasteiger partial charge is 0.351 e. The lowest BCUT2D eigenvalue weighted by molar-refractivity contribution is 0.0427. The van der Waals surface area contributed by atoms with Gasteiger partial charge in [0.25, 0.3) is 0 Å². The summed E-state index contributed by atoms with van der Waals surface area (Å²) in [5.41, 5.74) is 0.883. The van der Waals surface area contributed by atoms with Gasteiger partial charge < -0.3 is 14.2 Å². The second-order valence-corrected chi connectivity index (χ2v) is 22.3. The van der Waals surface area contributed by atoms with E-state index in [0.717, 1.165) is 90.2 Å². The van der Waals surface area contributed by atoms with Crippen LogP contribution in [0.15, 0.2) is 12.1 Å². The van der Waals surface area contributed by atoms with Crippen LogP contribution in [-0.2, 0) is 14.2 Å². The van der Waals surface area contributed by atoms with E-state index < -0.39 is 23.7 Å². The normalized spacial score (nSPS) is 12.2. The lowest BCUT2D eigenvalue weighted by atomic mass is 10.0. The number of rotatable bonds is 32. The first-order valence-corrected chi connectivity index (χ1v) is 28.1. The molecule has 11 heteroatoms. The average Bonchev–Trinajstić information content (AvgIpc) is 4.06. The molecule has 5 rings (SSSR count). The van der Waals surface area contributed by atoms with Gasteiger partial charge in [-0.3, -0.25) is 0 Å². The summed E-state index contributed by atoms with van der Waals surface area (Å²) < 4.78 is 36.4. The molecule has 0 N–H and O–H groups in total. The third-order valence-electron chi connectivity index (χ3n) is 12.5. The molecule has 0 aliphatic heterocycles. The van der Waals surface area contributed by atoms with Crippen molar-refractivity contribution in [2.24, 2.45) is 5.92 Å². The number of benzene rings is 1. The Morgan fingerprint density at radius 3 is 1.55 bits per heavy atom. The first-order chi connectivity index (χ1) is 31.1. The molecule has 0 saturated carbocycles. The van der Waals surface area contributed by atoms with Crippen LogP contribution in [0.3, 0.4) is 0 Å². The van der Waals surface area contributed by atoms with Crippen molar-refractivity contribution >= 4 is 93.5 Å². The van der Waals surface area contributed by atoms with E-state index in [0.29, 0.717) is 59.5 Å².